The summed E-state index contributed by atoms with van der Waals surface area (Å²) in [6.45, 7) is 0.862. The standard InChI is InChI=1S/C18H17BrFN3O5S/c19-13-3-1-12(2-4-13)17(24)21-22-18(25)15-11-14(5-6-16(15)20)29(26,27)23-7-9-28-10-8-23/h1-6,11H,7-10H2,(H,21,24)(H,22,25). The minimum atomic E-state index is -3.90. The third kappa shape index (κ3) is 4.99. The zero-order valence-corrected chi connectivity index (χ0v) is 17.4. The number of nitrogens with one attached hydrogen (secondary N) is 2. The fourth-order valence-electron chi connectivity index (χ4n) is 2.63. The molecule has 0 aliphatic carbocycles. The van der Waals surface area contributed by atoms with Gasteiger partial charge in [0.25, 0.3) is 11.8 Å². The van der Waals surface area contributed by atoms with Crippen LogP contribution in [0.3, 0.4) is 0 Å². The Morgan fingerprint density at radius 3 is 2.28 bits per heavy atom. The lowest BCUT2D eigenvalue weighted by molar-refractivity contribution is 0.0730. The van der Waals surface area contributed by atoms with Crippen LogP contribution in [0.1, 0.15) is 20.7 Å². The van der Waals surface area contributed by atoms with Crippen LogP contribution in [-0.2, 0) is 14.8 Å². The summed E-state index contributed by atoms with van der Waals surface area (Å²) in [5, 5.41) is 0. The van der Waals surface area contributed by atoms with Gasteiger partial charge in [-0.2, -0.15) is 4.31 Å². The highest BCUT2D eigenvalue weighted by molar-refractivity contribution is 9.10. The molecule has 29 heavy (non-hydrogen) atoms. The molecule has 1 aliphatic heterocycles. The summed E-state index contributed by atoms with van der Waals surface area (Å²) in [5.41, 5.74) is 4.03. The molecule has 1 aliphatic rings. The van der Waals surface area contributed by atoms with Gasteiger partial charge >= 0.3 is 0 Å². The van der Waals surface area contributed by atoms with Gasteiger partial charge < -0.3 is 4.74 Å². The monoisotopic (exact) mass is 485 g/mol. The highest BCUT2D eigenvalue weighted by atomic mass is 79.9. The first kappa shape index (κ1) is 21.4. The fraction of sp³-hybridized carbons (Fsp3) is 0.222. The van der Waals surface area contributed by atoms with E-state index in [1.165, 1.54) is 16.4 Å². The predicted octanol–water partition coefficient (Wildman–Crippen LogP) is 1.68. The van der Waals surface area contributed by atoms with E-state index in [0.29, 0.717) is 0 Å². The first-order chi connectivity index (χ1) is 13.8. The van der Waals surface area contributed by atoms with Crippen molar-refractivity contribution in [3.8, 4) is 0 Å². The van der Waals surface area contributed by atoms with E-state index in [2.05, 4.69) is 26.8 Å². The number of halogens is 2. The summed E-state index contributed by atoms with van der Waals surface area (Å²) in [6.07, 6.45) is 0. The lowest BCUT2D eigenvalue weighted by atomic mass is 10.2. The van der Waals surface area contributed by atoms with E-state index in [0.717, 1.165) is 22.7 Å². The number of hydrogen-bond acceptors (Lipinski definition) is 5. The zero-order chi connectivity index (χ0) is 21.0. The van der Waals surface area contributed by atoms with E-state index in [-0.39, 0.29) is 36.8 Å². The maximum atomic E-state index is 14.1. The Morgan fingerprint density at radius 1 is 1.00 bits per heavy atom. The van der Waals surface area contributed by atoms with Crippen LogP contribution in [0, 0.1) is 5.82 Å². The second kappa shape index (κ2) is 8.99. The van der Waals surface area contributed by atoms with Crippen LogP contribution in [0.25, 0.3) is 0 Å². The first-order valence-corrected chi connectivity index (χ1v) is 10.8. The van der Waals surface area contributed by atoms with Crippen molar-refractivity contribution in [2.24, 2.45) is 0 Å². The van der Waals surface area contributed by atoms with Crippen molar-refractivity contribution in [3.63, 3.8) is 0 Å². The third-order valence-electron chi connectivity index (χ3n) is 4.19. The molecular weight excluding hydrogens is 469 g/mol. The van der Waals surface area contributed by atoms with Crippen LogP contribution in [0.4, 0.5) is 4.39 Å². The number of nitrogens with zero attached hydrogens (tertiary/aromatic N) is 1. The molecule has 11 heteroatoms. The van der Waals surface area contributed by atoms with Gasteiger partial charge in [-0.1, -0.05) is 15.9 Å². The largest absolute Gasteiger partial charge is 0.379 e. The van der Waals surface area contributed by atoms with E-state index in [9.17, 15) is 22.4 Å². The van der Waals surface area contributed by atoms with Gasteiger partial charge in [0.15, 0.2) is 0 Å². The molecule has 0 saturated carbocycles. The number of ether oxygens (including phenoxy) is 1. The van der Waals surface area contributed by atoms with Gasteiger partial charge in [0, 0.05) is 23.1 Å². The lowest BCUT2D eigenvalue weighted by Gasteiger charge is -2.26. The second-order valence-corrected chi connectivity index (χ2v) is 8.93. The Bertz CT molecular complexity index is 1020. The smallest absolute Gasteiger partial charge is 0.272 e. The molecule has 0 bridgehead atoms. The molecule has 0 radical (unpaired) electrons. The minimum absolute atomic E-state index is 0.171. The number of sulfonamides is 1. The van der Waals surface area contributed by atoms with Crippen LogP contribution in [0.2, 0.25) is 0 Å². The van der Waals surface area contributed by atoms with Crippen molar-refractivity contribution in [2.75, 3.05) is 26.3 Å². The van der Waals surface area contributed by atoms with Crippen LogP contribution in [0.5, 0.6) is 0 Å². The molecule has 2 N–H and O–H groups in total. The molecule has 3 rings (SSSR count). The average Bonchev–Trinajstić information content (AvgIpc) is 2.73. The third-order valence-corrected chi connectivity index (χ3v) is 6.61. The Morgan fingerprint density at radius 2 is 1.62 bits per heavy atom. The zero-order valence-electron chi connectivity index (χ0n) is 15.0. The first-order valence-electron chi connectivity index (χ1n) is 8.53. The molecule has 2 aromatic rings. The molecule has 0 aromatic heterocycles. The van der Waals surface area contributed by atoms with E-state index >= 15 is 0 Å². The van der Waals surface area contributed by atoms with Crippen LogP contribution in [-0.4, -0.2) is 50.8 Å². The molecular formula is C18H17BrFN3O5S. The Kier molecular flexibility index (Phi) is 6.63. The van der Waals surface area contributed by atoms with Gasteiger partial charge in [0.2, 0.25) is 10.0 Å². The van der Waals surface area contributed by atoms with Gasteiger partial charge in [-0.15, -0.1) is 0 Å². The number of hydrazine groups is 1. The highest BCUT2D eigenvalue weighted by Crippen LogP contribution is 2.20. The topological polar surface area (TPSA) is 105 Å². The number of amides is 2. The van der Waals surface area contributed by atoms with Crippen LogP contribution in [0.15, 0.2) is 51.8 Å². The SMILES string of the molecule is O=C(NNC(=O)c1cc(S(=O)(=O)N2CCOCC2)ccc1F)c1ccc(Br)cc1. The van der Waals surface area contributed by atoms with Crippen molar-refractivity contribution in [1.29, 1.82) is 0 Å². The van der Waals surface area contributed by atoms with Gasteiger partial charge in [-0.3, -0.25) is 20.4 Å². The molecule has 0 spiro atoms. The summed E-state index contributed by atoms with van der Waals surface area (Å²) >= 11 is 3.24. The fourth-order valence-corrected chi connectivity index (χ4v) is 4.33. The number of hydrogen-bond donors (Lipinski definition) is 2. The van der Waals surface area contributed by atoms with Gasteiger partial charge in [-0.25, -0.2) is 12.8 Å². The minimum Gasteiger partial charge on any atom is -0.379 e. The number of rotatable bonds is 4. The number of morpholine rings is 1. The molecule has 2 aromatic carbocycles. The molecule has 0 unspecified atom stereocenters. The predicted molar refractivity (Wildman–Crippen MR) is 105 cm³/mol. The van der Waals surface area contributed by atoms with Gasteiger partial charge in [0.05, 0.1) is 23.7 Å². The van der Waals surface area contributed by atoms with Crippen molar-refractivity contribution < 1.29 is 27.1 Å². The highest BCUT2D eigenvalue weighted by Gasteiger charge is 2.28. The molecule has 1 saturated heterocycles. The number of carbonyl (C=O) groups is 2. The maximum Gasteiger partial charge on any atom is 0.272 e. The average molecular weight is 486 g/mol. The molecule has 1 fully saturated rings. The summed E-state index contributed by atoms with van der Waals surface area (Å²) in [7, 11) is -3.90. The van der Waals surface area contributed by atoms with E-state index in [1.54, 1.807) is 12.1 Å². The van der Waals surface area contributed by atoms with E-state index in [4.69, 9.17) is 4.74 Å². The lowest BCUT2D eigenvalue weighted by Crippen LogP contribution is -2.42. The van der Waals surface area contributed by atoms with Gasteiger partial charge in [0.1, 0.15) is 5.82 Å². The molecule has 2 amide bonds. The molecule has 8 nitrogen and oxygen atoms in total. The van der Waals surface area contributed by atoms with E-state index < -0.39 is 33.2 Å². The molecule has 1 heterocycles. The Labute approximate surface area is 175 Å². The van der Waals surface area contributed by atoms with Crippen molar-refractivity contribution in [3.05, 3.63) is 63.9 Å². The van der Waals surface area contributed by atoms with E-state index in [1.807, 2.05) is 0 Å². The van der Waals surface area contributed by atoms with Crippen molar-refractivity contribution in [1.82, 2.24) is 15.2 Å². The van der Waals surface area contributed by atoms with Crippen molar-refractivity contribution >= 4 is 37.8 Å². The summed E-state index contributed by atoms with van der Waals surface area (Å²) in [4.78, 5) is 24.2. The second-order valence-electron chi connectivity index (χ2n) is 6.07. The summed E-state index contributed by atoms with van der Waals surface area (Å²) in [5.74, 6) is -2.50. The van der Waals surface area contributed by atoms with Crippen LogP contribution < -0.4 is 10.9 Å². The maximum absolute atomic E-state index is 14.1. The Balaban J connectivity index is 1.74. The quantitative estimate of drug-likeness (QED) is 0.641. The van der Waals surface area contributed by atoms with Crippen molar-refractivity contribution in [2.45, 2.75) is 4.90 Å². The summed E-state index contributed by atoms with van der Waals surface area (Å²) in [6, 6.07) is 9.30. The number of benzene rings is 2. The van der Waals surface area contributed by atoms with Gasteiger partial charge in [-0.05, 0) is 42.5 Å². The van der Waals surface area contributed by atoms with Crippen LogP contribution >= 0.6 is 15.9 Å². The number of carbonyl (C=O) groups excluding carboxylic acids is 2. The summed E-state index contributed by atoms with van der Waals surface area (Å²) < 4.78 is 46.6. The Hall–Kier alpha value is -2.34. The molecule has 154 valence electrons. The molecule has 0 atom stereocenters. The normalized spacial score (nSPS) is 15.0.